The Balaban J connectivity index is 2.04. The predicted octanol–water partition coefficient (Wildman–Crippen LogP) is 4.33. The molecule has 21 heavy (non-hydrogen) atoms. The monoisotopic (exact) mass is 320 g/mol. The summed E-state index contributed by atoms with van der Waals surface area (Å²) in [6.07, 6.45) is 0. The van der Waals surface area contributed by atoms with Crippen molar-refractivity contribution >= 4 is 45.9 Å². The number of para-hydroxylation sites is 2. The molecule has 0 saturated heterocycles. The van der Waals surface area contributed by atoms with Crippen molar-refractivity contribution in [2.45, 2.75) is 0 Å². The van der Waals surface area contributed by atoms with E-state index in [0.29, 0.717) is 27.7 Å². The second kappa shape index (κ2) is 5.76. The fraction of sp³-hybridized carbons (Fsp3) is 0.0667. The summed E-state index contributed by atoms with van der Waals surface area (Å²) < 4.78 is 5.69. The minimum atomic E-state index is -0.289. The molecule has 3 aromatic rings. The highest BCUT2D eigenvalue weighted by atomic mass is 35.5. The maximum absolute atomic E-state index is 11.3. The number of alkyl halides is 1. The number of carbonyl (C=O) groups is 1. The normalized spacial score (nSPS) is 10.8. The molecular weight excluding hydrogens is 311 g/mol. The molecule has 3 rings (SSSR count). The summed E-state index contributed by atoms with van der Waals surface area (Å²) in [6, 6.07) is 12.5. The number of hydrogen-bond acceptors (Lipinski definition) is 3. The molecule has 4 nitrogen and oxygen atoms in total. The van der Waals surface area contributed by atoms with Gasteiger partial charge >= 0.3 is 0 Å². The van der Waals surface area contributed by atoms with Crippen molar-refractivity contribution in [1.82, 2.24) is 4.98 Å². The maximum atomic E-state index is 11.3. The molecule has 0 bridgehead atoms. The van der Waals surface area contributed by atoms with Gasteiger partial charge in [0.05, 0.1) is 10.6 Å². The zero-order valence-electron chi connectivity index (χ0n) is 10.8. The van der Waals surface area contributed by atoms with Gasteiger partial charge in [-0.1, -0.05) is 23.7 Å². The van der Waals surface area contributed by atoms with Crippen molar-refractivity contribution in [3.63, 3.8) is 0 Å². The number of benzene rings is 2. The van der Waals surface area contributed by atoms with E-state index in [0.717, 1.165) is 5.52 Å². The van der Waals surface area contributed by atoms with Crippen LogP contribution in [0, 0.1) is 0 Å². The number of hydrogen-bond donors (Lipinski definition) is 1. The van der Waals surface area contributed by atoms with Gasteiger partial charge in [0.2, 0.25) is 11.8 Å². The summed E-state index contributed by atoms with van der Waals surface area (Å²) in [4.78, 5) is 15.7. The average molecular weight is 321 g/mol. The molecule has 1 amide bonds. The molecule has 1 aromatic heterocycles. The van der Waals surface area contributed by atoms with Crippen LogP contribution in [0.4, 0.5) is 5.69 Å². The first-order chi connectivity index (χ1) is 10.2. The molecule has 2 aromatic carbocycles. The first-order valence-corrected chi connectivity index (χ1v) is 7.10. The van der Waals surface area contributed by atoms with Gasteiger partial charge in [-0.25, -0.2) is 4.98 Å². The largest absolute Gasteiger partial charge is 0.436 e. The van der Waals surface area contributed by atoms with Crippen LogP contribution in [0.1, 0.15) is 0 Å². The van der Waals surface area contributed by atoms with E-state index in [4.69, 9.17) is 27.6 Å². The van der Waals surface area contributed by atoms with Crippen LogP contribution in [0.15, 0.2) is 46.9 Å². The lowest BCUT2D eigenvalue weighted by Gasteiger charge is -2.06. The fourth-order valence-electron chi connectivity index (χ4n) is 1.95. The van der Waals surface area contributed by atoms with E-state index in [1.165, 1.54) is 0 Å². The summed E-state index contributed by atoms with van der Waals surface area (Å²) in [7, 11) is 0. The lowest BCUT2D eigenvalue weighted by Crippen LogP contribution is -2.12. The highest BCUT2D eigenvalue weighted by Crippen LogP contribution is 2.32. The van der Waals surface area contributed by atoms with Crippen LogP contribution >= 0.6 is 23.2 Å². The highest BCUT2D eigenvalue weighted by molar-refractivity contribution is 6.33. The SMILES string of the molecule is O=C(CCl)Nc1ccc(Cl)c(-c2nc3ccccc3o2)c1. The maximum Gasteiger partial charge on any atom is 0.239 e. The Bertz CT molecular complexity index is 781. The molecule has 0 aliphatic heterocycles. The molecular formula is C15H10Cl2N2O2. The summed E-state index contributed by atoms with van der Waals surface area (Å²) in [6.45, 7) is 0. The first kappa shape index (κ1) is 13.9. The Morgan fingerprint density at radius 1 is 1.24 bits per heavy atom. The first-order valence-electron chi connectivity index (χ1n) is 6.18. The molecule has 0 radical (unpaired) electrons. The van der Waals surface area contributed by atoms with E-state index in [2.05, 4.69) is 10.3 Å². The smallest absolute Gasteiger partial charge is 0.239 e. The highest BCUT2D eigenvalue weighted by Gasteiger charge is 2.13. The number of fused-ring (bicyclic) bond motifs is 1. The number of halogens is 2. The van der Waals surface area contributed by atoms with Crippen molar-refractivity contribution in [2.75, 3.05) is 11.2 Å². The molecule has 6 heteroatoms. The third-order valence-electron chi connectivity index (χ3n) is 2.90. The van der Waals surface area contributed by atoms with E-state index in [9.17, 15) is 4.79 Å². The Hall–Kier alpha value is -2.04. The Labute approximate surface area is 130 Å². The van der Waals surface area contributed by atoms with Gasteiger partial charge in [0.1, 0.15) is 11.4 Å². The van der Waals surface area contributed by atoms with Crippen molar-refractivity contribution < 1.29 is 9.21 Å². The molecule has 0 saturated carbocycles. The summed E-state index contributed by atoms with van der Waals surface area (Å²) in [5, 5.41) is 3.15. The van der Waals surface area contributed by atoms with Gasteiger partial charge in [0.25, 0.3) is 0 Å². The van der Waals surface area contributed by atoms with E-state index in [1.54, 1.807) is 18.2 Å². The van der Waals surface area contributed by atoms with Gasteiger partial charge in [-0.15, -0.1) is 11.6 Å². The number of aromatic nitrogens is 1. The second-order valence-electron chi connectivity index (χ2n) is 4.36. The third kappa shape index (κ3) is 2.86. The number of rotatable bonds is 3. The number of nitrogens with one attached hydrogen (secondary N) is 1. The molecule has 0 spiro atoms. The zero-order chi connectivity index (χ0) is 14.8. The van der Waals surface area contributed by atoms with Crippen molar-refractivity contribution in [2.24, 2.45) is 0 Å². The Kier molecular flexibility index (Phi) is 3.82. The van der Waals surface area contributed by atoms with Gasteiger partial charge in [-0.2, -0.15) is 0 Å². The number of anilines is 1. The summed E-state index contributed by atoms with van der Waals surface area (Å²) >= 11 is 11.7. The average Bonchev–Trinajstić information content (AvgIpc) is 2.92. The molecule has 0 aliphatic carbocycles. The summed E-state index contributed by atoms with van der Waals surface area (Å²) in [5.74, 6) is 0.00610. The van der Waals surface area contributed by atoms with Crippen LogP contribution in [-0.2, 0) is 4.79 Å². The van der Waals surface area contributed by atoms with Crippen molar-refractivity contribution in [1.29, 1.82) is 0 Å². The second-order valence-corrected chi connectivity index (χ2v) is 5.04. The standard InChI is InChI=1S/C15H10Cl2N2O2/c16-8-14(20)18-9-5-6-11(17)10(7-9)15-19-12-3-1-2-4-13(12)21-15/h1-7H,8H2,(H,18,20). The number of oxazole rings is 1. The van der Waals surface area contributed by atoms with E-state index in [1.807, 2.05) is 24.3 Å². The number of amides is 1. The molecule has 1 N–H and O–H groups in total. The quantitative estimate of drug-likeness (QED) is 0.731. The van der Waals surface area contributed by atoms with Gasteiger partial charge < -0.3 is 9.73 Å². The van der Waals surface area contributed by atoms with Crippen molar-refractivity contribution in [3.8, 4) is 11.5 Å². The van der Waals surface area contributed by atoms with Crippen LogP contribution in [0.5, 0.6) is 0 Å². The van der Waals surface area contributed by atoms with E-state index >= 15 is 0 Å². The summed E-state index contributed by atoms with van der Waals surface area (Å²) in [5.41, 5.74) is 2.63. The number of carbonyl (C=O) groups excluding carboxylic acids is 1. The lowest BCUT2D eigenvalue weighted by molar-refractivity contribution is -0.113. The fourth-order valence-corrected chi connectivity index (χ4v) is 2.21. The molecule has 1 heterocycles. The van der Waals surface area contributed by atoms with Gasteiger partial charge in [-0.05, 0) is 30.3 Å². The molecule has 0 unspecified atom stereocenters. The van der Waals surface area contributed by atoms with E-state index in [-0.39, 0.29) is 11.8 Å². The van der Waals surface area contributed by atoms with Crippen LogP contribution in [0.3, 0.4) is 0 Å². The van der Waals surface area contributed by atoms with Crippen LogP contribution in [0.2, 0.25) is 5.02 Å². The third-order valence-corrected chi connectivity index (χ3v) is 3.47. The van der Waals surface area contributed by atoms with Crippen LogP contribution in [-0.4, -0.2) is 16.8 Å². The topological polar surface area (TPSA) is 55.1 Å². The minimum Gasteiger partial charge on any atom is -0.436 e. The van der Waals surface area contributed by atoms with E-state index < -0.39 is 0 Å². The van der Waals surface area contributed by atoms with Gasteiger partial charge in [-0.3, -0.25) is 4.79 Å². The van der Waals surface area contributed by atoms with Crippen molar-refractivity contribution in [3.05, 3.63) is 47.5 Å². The Morgan fingerprint density at radius 3 is 2.81 bits per heavy atom. The lowest BCUT2D eigenvalue weighted by atomic mass is 10.2. The Morgan fingerprint density at radius 2 is 2.05 bits per heavy atom. The van der Waals surface area contributed by atoms with Crippen LogP contribution < -0.4 is 5.32 Å². The molecule has 0 aliphatic rings. The van der Waals surface area contributed by atoms with Crippen LogP contribution in [0.25, 0.3) is 22.6 Å². The predicted molar refractivity (Wildman–Crippen MR) is 83.8 cm³/mol. The molecule has 0 atom stereocenters. The molecule has 0 fully saturated rings. The molecule has 106 valence electrons. The van der Waals surface area contributed by atoms with Gasteiger partial charge in [0.15, 0.2) is 5.58 Å². The minimum absolute atomic E-state index is 0.110. The zero-order valence-corrected chi connectivity index (χ0v) is 12.3. The number of nitrogens with zero attached hydrogens (tertiary/aromatic N) is 1. The van der Waals surface area contributed by atoms with Gasteiger partial charge in [0, 0.05) is 5.69 Å².